The van der Waals surface area contributed by atoms with E-state index in [1.165, 1.54) is 0 Å². The van der Waals surface area contributed by atoms with Crippen molar-refractivity contribution in [2.75, 3.05) is 12.4 Å². The number of thioether (sulfide) groups is 1. The fraction of sp³-hybridized carbons (Fsp3) is 1.00. The molecule has 0 amide bonds. The minimum absolute atomic E-state index is 0.0845. The lowest BCUT2D eigenvalue weighted by molar-refractivity contribution is 0.188. The summed E-state index contributed by atoms with van der Waals surface area (Å²) < 4.78 is 0. The van der Waals surface area contributed by atoms with Crippen molar-refractivity contribution < 1.29 is 10.2 Å². The number of hydrogen-bond acceptors (Lipinski definition) is 3. The molecule has 1 aliphatic rings. The molecule has 1 aliphatic carbocycles. The second-order valence-corrected chi connectivity index (χ2v) is 4.33. The number of aliphatic hydroxyl groups excluding tert-OH is 2. The quantitative estimate of drug-likeness (QED) is 0.628. The van der Waals surface area contributed by atoms with Crippen LogP contribution in [0.1, 0.15) is 25.7 Å². The fourth-order valence-electron chi connectivity index (χ4n) is 1.40. The lowest BCUT2D eigenvalue weighted by atomic mass is 10.3. The summed E-state index contributed by atoms with van der Waals surface area (Å²) in [5, 5.41) is 18.4. The van der Waals surface area contributed by atoms with E-state index >= 15 is 0 Å². The molecule has 0 heterocycles. The summed E-state index contributed by atoms with van der Waals surface area (Å²) in [5.74, 6) is 0.984. The zero-order chi connectivity index (χ0) is 8.10. The molecule has 2 N–H and O–H groups in total. The lowest BCUT2D eigenvalue weighted by Crippen LogP contribution is -2.15. The third-order valence-electron chi connectivity index (χ3n) is 2.05. The SMILES string of the molecule is OCCCS[C@H]1CCC[C@@H]1O. The molecule has 1 saturated carbocycles. The molecule has 1 rings (SSSR count). The molecule has 1 fully saturated rings. The Kier molecular flexibility index (Phi) is 4.26. The third kappa shape index (κ3) is 3.01. The highest BCUT2D eigenvalue weighted by Crippen LogP contribution is 2.29. The van der Waals surface area contributed by atoms with Gasteiger partial charge in [0.25, 0.3) is 0 Å². The van der Waals surface area contributed by atoms with Gasteiger partial charge in [-0.1, -0.05) is 0 Å². The molecular formula is C8H16O2S. The molecule has 0 unspecified atom stereocenters. The number of aliphatic hydroxyl groups is 2. The van der Waals surface area contributed by atoms with E-state index in [1.54, 1.807) is 11.8 Å². The molecule has 66 valence electrons. The Balaban J connectivity index is 2.05. The topological polar surface area (TPSA) is 40.5 Å². The molecule has 11 heavy (non-hydrogen) atoms. The monoisotopic (exact) mass is 176 g/mol. The Morgan fingerprint density at radius 2 is 2.18 bits per heavy atom. The van der Waals surface area contributed by atoms with E-state index in [0.29, 0.717) is 5.25 Å². The van der Waals surface area contributed by atoms with Crippen LogP contribution in [0.4, 0.5) is 0 Å². The van der Waals surface area contributed by atoms with Crippen LogP contribution in [0.15, 0.2) is 0 Å². The zero-order valence-corrected chi connectivity index (χ0v) is 7.52. The average Bonchev–Trinajstić information content (AvgIpc) is 2.37. The van der Waals surface area contributed by atoms with Gasteiger partial charge in [0.05, 0.1) is 6.10 Å². The van der Waals surface area contributed by atoms with Crippen LogP contribution < -0.4 is 0 Å². The van der Waals surface area contributed by atoms with Gasteiger partial charge in [0.2, 0.25) is 0 Å². The smallest absolute Gasteiger partial charge is 0.0658 e. The Labute approximate surface area is 72.0 Å². The van der Waals surface area contributed by atoms with Crippen molar-refractivity contribution in [1.82, 2.24) is 0 Å². The van der Waals surface area contributed by atoms with Crippen LogP contribution in [0, 0.1) is 0 Å². The number of hydrogen-bond donors (Lipinski definition) is 2. The van der Waals surface area contributed by atoms with Gasteiger partial charge in [-0.15, -0.1) is 0 Å². The highest BCUT2D eigenvalue weighted by molar-refractivity contribution is 7.99. The molecule has 2 nitrogen and oxygen atoms in total. The van der Waals surface area contributed by atoms with Gasteiger partial charge in [0.15, 0.2) is 0 Å². The highest BCUT2D eigenvalue weighted by Gasteiger charge is 2.24. The van der Waals surface area contributed by atoms with Crippen LogP contribution in [0.3, 0.4) is 0 Å². The fourth-order valence-corrected chi connectivity index (χ4v) is 2.69. The van der Waals surface area contributed by atoms with Crippen molar-refractivity contribution in [1.29, 1.82) is 0 Å². The Morgan fingerprint density at radius 3 is 2.73 bits per heavy atom. The molecule has 0 spiro atoms. The van der Waals surface area contributed by atoms with Crippen LogP contribution >= 0.6 is 11.8 Å². The summed E-state index contributed by atoms with van der Waals surface area (Å²) in [4.78, 5) is 0. The van der Waals surface area contributed by atoms with E-state index in [-0.39, 0.29) is 12.7 Å². The van der Waals surface area contributed by atoms with Gasteiger partial charge in [0.1, 0.15) is 0 Å². The minimum Gasteiger partial charge on any atom is -0.396 e. The molecule has 3 heteroatoms. The lowest BCUT2D eigenvalue weighted by Gasteiger charge is -2.12. The largest absolute Gasteiger partial charge is 0.396 e. The van der Waals surface area contributed by atoms with Gasteiger partial charge in [-0.3, -0.25) is 0 Å². The summed E-state index contributed by atoms with van der Waals surface area (Å²) >= 11 is 1.81. The maximum Gasteiger partial charge on any atom is 0.0658 e. The van der Waals surface area contributed by atoms with Crippen molar-refractivity contribution in [2.45, 2.75) is 37.0 Å². The van der Waals surface area contributed by atoms with Crippen LogP contribution in [0.2, 0.25) is 0 Å². The average molecular weight is 176 g/mol. The molecule has 2 atom stereocenters. The van der Waals surface area contributed by atoms with Crippen LogP contribution in [0.25, 0.3) is 0 Å². The zero-order valence-electron chi connectivity index (χ0n) is 6.70. The molecule has 0 aromatic heterocycles. The van der Waals surface area contributed by atoms with Gasteiger partial charge >= 0.3 is 0 Å². The molecule has 0 aromatic carbocycles. The van der Waals surface area contributed by atoms with Crippen molar-refractivity contribution >= 4 is 11.8 Å². The van der Waals surface area contributed by atoms with Crippen molar-refractivity contribution in [3.05, 3.63) is 0 Å². The van der Waals surface area contributed by atoms with Crippen molar-refractivity contribution in [3.8, 4) is 0 Å². The summed E-state index contributed by atoms with van der Waals surface area (Å²) in [6.07, 6.45) is 4.05. The van der Waals surface area contributed by atoms with E-state index in [0.717, 1.165) is 31.4 Å². The first-order valence-electron chi connectivity index (χ1n) is 4.25. The molecule has 0 aromatic rings. The van der Waals surface area contributed by atoms with Gasteiger partial charge in [-0.25, -0.2) is 0 Å². The van der Waals surface area contributed by atoms with E-state index in [2.05, 4.69) is 0 Å². The normalized spacial score (nSPS) is 31.1. The predicted octanol–water partition coefficient (Wildman–Crippen LogP) is 1.02. The number of rotatable bonds is 4. The predicted molar refractivity (Wildman–Crippen MR) is 47.8 cm³/mol. The Hall–Kier alpha value is 0.270. The van der Waals surface area contributed by atoms with Gasteiger partial charge in [-0.2, -0.15) is 11.8 Å². The molecule has 0 saturated heterocycles. The maximum atomic E-state index is 9.40. The summed E-state index contributed by atoms with van der Waals surface area (Å²) in [7, 11) is 0. The summed E-state index contributed by atoms with van der Waals surface area (Å²) in [6, 6.07) is 0. The van der Waals surface area contributed by atoms with E-state index in [4.69, 9.17) is 5.11 Å². The van der Waals surface area contributed by atoms with Crippen LogP contribution in [0.5, 0.6) is 0 Å². The second-order valence-electron chi connectivity index (χ2n) is 2.98. The Morgan fingerprint density at radius 1 is 1.36 bits per heavy atom. The highest BCUT2D eigenvalue weighted by atomic mass is 32.2. The first-order valence-corrected chi connectivity index (χ1v) is 5.30. The van der Waals surface area contributed by atoms with Crippen LogP contribution in [-0.2, 0) is 0 Å². The van der Waals surface area contributed by atoms with Gasteiger partial charge in [0, 0.05) is 11.9 Å². The van der Waals surface area contributed by atoms with Crippen molar-refractivity contribution in [2.24, 2.45) is 0 Å². The van der Waals surface area contributed by atoms with Gasteiger partial charge < -0.3 is 10.2 Å². The second kappa shape index (κ2) is 5.01. The molecule has 0 radical (unpaired) electrons. The van der Waals surface area contributed by atoms with E-state index < -0.39 is 0 Å². The third-order valence-corrected chi connectivity index (χ3v) is 3.55. The first-order chi connectivity index (χ1) is 5.34. The first kappa shape index (κ1) is 9.36. The summed E-state index contributed by atoms with van der Waals surface area (Å²) in [6.45, 7) is 0.274. The Bertz CT molecular complexity index is 108. The minimum atomic E-state index is -0.0845. The molecule has 0 aliphatic heterocycles. The maximum absolute atomic E-state index is 9.40. The molecule has 0 bridgehead atoms. The van der Waals surface area contributed by atoms with Crippen LogP contribution in [-0.4, -0.2) is 33.9 Å². The van der Waals surface area contributed by atoms with E-state index in [9.17, 15) is 5.11 Å². The summed E-state index contributed by atoms with van der Waals surface area (Å²) in [5.41, 5.74) is 0. The molecular weight excluding hydrogens is 160 g/mol. The standard InChI is InChI=1S/C8H16O2S/c9-5-2-6-11-8-4-1-3-7(8)10/h7-10H,1-6H2/t7-,8-/m0/s1. The van der Waals surface area contributed by atoms with Crippen molar-refractivity contribution in [3.63, 3.8) is 0 Å². The van der Waals surface area contributed by atoms with E-state index in [1.807, 2.05) is 0 Å². The van der Waals surface area contributed by atoms with Gasteiger partial charge in [-0.05, 0) is 31.4 Å².